The van der Waals surface area contributed by atoms with Crippen molar-refractivity contribution in [2.75, 3.05) is 38.7 Å². The van der Waals surface area contributed by atoms with Gasteiger partial charge in [0.1, 0.15) is 5.75 Å². The number of rotatable bonds is 6. The Bertz CT molecular complexity index is 1300. The molecule has 0 bridgehead atoms. The first-order valence-electron chi connectivity index (χ1n) is 11.4. The number of amides is 1. The number of para-hydroxylation sites is 1. The van der Waals surface area contributed by atoms with Crippen LogP contribution in [0.25, 0.3) is 10.9 Å². The lowest BCUT2D eigenvalue weighted by Crippen LogP contribution is -2.40. The number of fused-ring (bicyclic) bond motifs is 1. The van der Waals surface area contributed by atoms with Crippen LogP contribution in [0.15, 0.2) is 66.9 Å². The average Bonchev–Trinajstić information content (AvgIpc) is 3.20. The predicted octanol–water partition coefficient (Wildman–Crippen LogP) is 4.55. The largest absolute Gasteiger partial charge is 0.496 e. The molecule has 5 rings (SSSR count). The van der Waals surface area contributed by atoms with Crippen molar-refractivity contribution in [3.05, 3.63) is 89.4 Å². The van der Waals surface area contributed by atoms with Gasteiger partial charge in [0.25, 0.3) is 5.91 Å². The van der Waals surface area contributed by atoms with E-state index in [2.05, 4.69) is 28.2 Å². The van der Waals surface area contributed by atoms with Crippen LogP contribution in [0.4, 0.5) is 5.69 Å². The summed E-state index contributed by atoms with van der Waals surface area (Å²) in [6.45, 7) is 5.16. The van der Waals surface area contributed by atoms with Crippen molar-refractivity contribution in [3.8, 4) is 5.75 Å². The third-order valence-corrected chi connectivity index (χ3v) is 6.30. The van der Waals surface area contributed by atoms with E-state index in [-0.39, 0.29) is 11.9 Å². The molecule has 0 saturated carbocycles. The van der Waals surface area contributed by atoms with Crippen LogP contribution in [-0.2, 0) is 4.74 Å². The molecule has 4 aromatic rings. The zero-order valence-corrected chi connectivity index (χ0v) is 19.4. The van der Waals surface area contributed by atoms with Crippen LogP contribution >= 0.6 is 0 Å². The van der Waals surface area contributed by atoms with Gasteiger partial charge in [-0.05, 0) is 49.4 Å². The van der Waals surface area contributed by atoms with Gasteiger partial charge in [-0.25, -0.2) is 0 Å². The van der Waals surface area contributed by atoms with Crippen LogP contribution in [-0.4, -0.2) is 54.2 Å². The minimum Gasteiger partial charge on any atom is -0.496 e. The number of H-pyrrole nitrogens is 1. The van der Waals surface area contributed by atoms with Crippen molar-refractivity contribution in [1.29, 1.82) is 0 Å². The molecule has 3 heterocycles. The lowest BCUT2D eigenvalue weighted by molar-refractivity contribution is 0.0234. The van der Waals surface area contributed by atoms with E-state index >= 15 is 0 Å². The van der Waals surface area contributed by atoms with Crippen LogP contribution in [0, 0.1) is 6.92 Å². The number of methoxy groups -OCH3 is 1. The van der Waals surface area contributed by atoms with Crippen molar-refractivity contribution in [1.82, 2.24) is 14.9 Å². The lowest BCUT2D eigenvalue weighted by atomic mass is 9.97. The number of anilines is 1. The molecule has 1 atom stereocenters. The summed E-state index contributed by atoms with van der Waals surface area (Å²) < 4.78 is 11.0. The number of benzene rings is 2. The van der Waals surface area contributed by atoms with E-state index in [1.54, 1.807) is 19.2 Å². The van der Waals surface area contributed by atoms with Gasteiger partial charge >= 0.3 is 0 Å². The monoisotopic (exact) mass is 456 g/mol. The minimum absolute atomic E-state index is 0.0148. The van der Waals surface area contributed by atoms with Crippen LogP contribution < -0.4 is 10.1 Å². The van der Waals surface area contributed by atoms with E-state index in [0.717, 1.165) is 41.1 Å². The fourth-order valence-corrected chi connectivity index (χ4v) is 4.70. The number of hydrogen-bond acceptors (Lipinski definition) is 5. The number of nitrogens with one attached hydrogen (secondary N) is 2. The maximum atomic E-state index is 13.0. The molecule has 1 aliphatic rings. The number of pyridine rings is 1. The zero-order chi connectivity index (χ0) is 23.5. The topological polar surface area (TPSA) is 79.5 Å². The highest BCUT2D eigenvalue weighted by atomic mass is 16.5. The highest BCUT2D eigenvalue weighted by Gasteiger charge is 2.29. The van der Waals surface area contributed by atoms with Gasteiger partial charge in [-0.1, -0.05) is 18.2 Å². The summed E-state index contributed by atoms with van der Waals surface area (Å²) in [5.74, 6) is 0.335. The maximum absolute atomic E-state index is 13.0. The SMILES string of the molecule is COc1ccccc1C(=O)Nc1ccc2[nH]c(C)c([C@H](c3ccccn3)N3CCOCC3)c2c1. The summed E-state index contributed by atoms with van der Waals surface area (Å²) in [6, 6.07) is 19.2. The first-order valence-corrected chi connectivity index (χ1v) is 11.4. The van der Waals surface area contributed by atoms with Gasteiger partial charge in [-0.3, -0.25) is 14.7 Å². The van der Waals surface area contributed by atoms with E-state index in [4.69, 9.17) is 14.5 Å². The Kier molecular flexibility index (Phi) is 6.29. The van der Waals surface area contributed by atoms with Crippen LogP contribution in [0.5, 0.6) is 5.75 Å². The van der Waals surface area contributed by atoms with Crippen LogP contribution in [0.1, 0.15) is 33.4 Å². The molecule has 1 saturated heterocycles. The number of nitrogens with zero attached hydrogens (tertiary/aromatic N) is 2. The summed E-state index contributed by atoms with van der Waals surface area (Å²) in [6.07, 6.45) is 1.84. The molecule has 2 aromatic heterocycles. The number of hydrogen-bond donors (Lipinski definition) is 2. The molecule has 0 aliphatic carbocycles. The Morgan fingerprint density at radius 1 is 1.12 bits per heavy atom. The van der Waals surface area contributed by atoms with Gasteiger partial charge in [-0.2, -0.15) is 0 Å². The van der Waals surface area contributed by atoms with Crippen molar-refractivity contribution in [2.24, 2.45) is 0 Å². The molecular weight excluding hydrogens is 428 g/mol. The number of morpholine rings is 1. The first kappa shape index (κ1) is 22.1. The molecule has 2 N–H and O–H groups in total. The number of aromatic nitrogens is 2. The van der Waals surface area contributed by atoms with Gasteiger partial charge in [0, 0.05) is 47.1 Å². The molecular formula is C27H28N4O3. The van der Waals surface area contributed by atoms with Gasteiger partial charge in [0.15, 0.2) is 0 Å². The Morgan fingerprint density at radius 3 is 2.68 bits per heavy atom. The number of carbonyl (C=O) groups is 1. The molecule has 174 valence electrons. The zero-order valence-electron chi connectivity index (χ0n) is 19.4. The second kappa shape index (κ2) is 9.67. The molecule has 0 radical (unpaired) electrons. The highest BCUT2D eigenvalue weighted by Crippen LogP contribution is 2.37. The second-order valence-corrected chi connectivity index (χ2v) is 8.38. The van der Waals surface area contributed by atoms with Crippen LogP contribution in [0.2, 0.25) is 0 Å². The summed E-state index contributed by atoms with van der Waals surface area (Å²) in [7, 11) is 1.57. The average molecular weight is 457 g/mol. The molecule has 0 spiro atoms. The van der Waals surface area contributed by atoms with Gasteiger partial charge in [-0.15, -0.1) is 0 Å². The standard InChI is InChI=1S/C27H28N4O3/c1-18-25(26(23-8-5-6-12-28-23)31-13-15-34-16-14-31)21-17-19(10-11-22(21)29-18)30-27(32)20-7-3-4-9-24(20)33-2/h3-12,17,26,29H,13-16H2,1-2H3,(H,30,32)/t26-/m0/s1. The highest BCUT2D eigenvalue weighted by molar-refractivity contribution is 6.07. The summed E-state index contributed by atoms with van der Waals surface area (Å²) >= 11 is 0. The van der Waals surface area contributed by atoms with E-state index in [0.29, 0.717) is 24.5 Å². The van der Waals surface area contributed by atoms with Crippen LogP contribution in [0.3, 0.4) is 0 Å². The van der Waals surface area contributed by atoms with E-state index in [1.807, 2.05) is 48.7 Å². The maximum Gasteiger partial charge on any atom is 0.259 e. The Labute approximate surface area is 198 Å². The first-order chi connectivity index (χ1) is 16.7. The molecule has 34 heavy (non-hydrogen) atoms. The lowest BCUT2D eigenvalue weighted by Gasteiger charge is -2.34. The second-order valence-electron chi connectivity index (χ2n) is 8.38. The number of carbonyl (C=O) groups excluding carboxylic acids is 1. The van der Waals surface area contributed by atoms with Gasteiger partial charge < -0.3 is 19.8 Å². The fraction of sp³-hybridized carbons (Fsp3) is 0.259. The third-order valence-electron chi connectivity index (χ3n) is 6.30. The van der Waals surface area contributed by atoms with E-state index < -0.39 is 0 Å². The molecule has 7 nitrogen and oxygen atoms in total. The van der Waals surface area contributed by atoms with E-state index in [9.17, 15) is 4.79 Å². The quantitative estimate of drug-likeness (QED) is 0.445. The third kappa shape index (κ3) is 4.27. The molecule has 2 aromatic carbocycles. The van der Waals surface area contributed by atoms with Crippen molar-refractivity contribution in [2.45, 2.75) is 13.0 Å². The van der Waals surface area contributed by atoms with Crippen molar-refractivity contribution in [3.63, 3.8) is 0 Å². The number of aromatic amines is 1. The smallest absolute Gasteiger partial charge is 0.259 e. The van der Waals surface area contributed by atoms with Gasteiger partial charge in [0.2, 0.25) is 0 Å². The van der Waals surface area contributed by atoms with E-state index in [1.165, 1.54) is 5.56 Å². The number of ether oxygens (including phenoxy) is 2. The van der Waals surface area contributed by atoms with Crippen molar-refractivity contribution < 1.29 is 14.3 Å². The predicted molar refractivity (Wildman–Crippen MR) is 132 cm³/mol. The summed E-state index contributed by atoms with van der Waals surface area (Å²) in [5.41, 5.74) is 5.50. The Balaban J connectivity index is 1.55. The summed E-state index contributed by atoms with van der Waals surface area (Å²) in [5, 5.41) is 4.10. The molecule has 1 amide bonds. The molecule has 1 aliphatic heterocycles. The molecule has 7 heteroatoms. The Hall–Kier alpha value is -3.68. The summed E-state index contributed by atoms with van der Waals surface area (Å²) in [4.78, 5) is 23.6. The normalized spacial score (nSPS) is 15.2. The van der Waals surface area contributed by atoms with Crippen molar-refractivity contribution >= 4 is 22.5 Å². The Morgan fingerprint density at radius 2 is 1.91 bits per heavy atom. The molecule has 0 unspecified atom stereocenters. The molecule has 1 fully saturated rings. The van der Waals surface area contributed by atoms with Gasteiger partial charge in [0.05, 0.1) is 37.6 Å². The number of aryl methyl sites for hydroxylation is 1. The minimum atomic E-state index is -0.208. The fourth-order valence-electron chi connectivity index (χ4n) is 4.70.